The molecule has 5 nitrogen and oxygen atoms in total. The van der Waals surface area contributed by atoms with Crippen LogP contribution in [0.25, 0.3) is 0 Å². The van der Waals surface area contributed by atoms with Crippen molar-refractivity contribution in [3.05, 3.63) is 15.6 Å². The maximum Gasteiger partial charge on any atom is 0.253 e. The van der Waals surface area contributed by atoms with Crippen LogP contribution < -0.4 is 0 Å². The van der Waals surface area contributed by atoms with Gasteiger partial charge in [-0.2, -0.15) is 11.8 Å². The zero-order valence-corrected chi connectivity index (χ0v) is 14.8. The van der Waals surface area contributed by atoms with E-state index in [1.54, 1.807) is 11.3 Å². The van der Waals surface area contributed by atoms with Gasteiger partial charge in [0.25, 0.3) is 5.91 Å². The Hall–Kier alpha value is -0.630. The summed E-state index contributed by atoms with van der Waals surface area (Å²) >= 11 is 3.67. The van der Waals surface area contributed by atoms with Gasteiger partial charge < -0.3 is 9.64 Å². The van der Waals surface area contributed by atoms with Crippen molar-refractivity contribution in [2.75, 3.05) is 44.3 Å². The molecule has 1 aromatic rings. The predicted molar refractivity (Wildman–Crippen MR) is 90.5 cm³/mol. The Kier molecular flexibility index (Phi) is 5.38. The second-order valence-electron chi connectivity index (χ2n) is 5.77. The van der Waals surface area contributed by atoms with E-state index in [0.29, 0.717) is 13.2 Å². The summed E-state index contributed by atoms with van der Waals surface area (Å²) in [6.07, 6.45) is -0.300. The largest absolute Gasteiger partial charge is 0.366 e. The second kappa shape index (κ2) is 7.29. The van der Waals surface area contributed by atoms with Gasteiger partial charge in [0.2, 0.25) is 0 Å². The van der Waals surface area contributed by atoms with Crippen molar-refractivity contribution in [2.45, 2.75) is 26.5 Å². The first kappa shape index (κ1) is 16.2. The molecule has 1 aromatic heterocycles. The summed E-state index contributed by atoms with van der Waals surface area (Å²) in [6, 6.07) is 0. The molecule has 0 N–H and O–H groups in total. The van der Waals surface area contributed by atoms with Gasteiger partial charge in [-0.15, -0.1) is 11.3 Å². The van der Waals surface area contributed by atoms with E-state index in [4.69, 9.17) is 4.74 Å². The number of carbonyl (C=O) groups is 1. The molecule has 1 atom stereocenters. The molecule has 0 bridgehead atoms. The fraction of sp³-hybridized carbons (Fsp3) is 0.733. The van der Waals surface area contributed by atoms with Gasteiger partial charge in [-0.1, -0.05) is 0 Å². The van der Waals surface area contributed by atoms with Crippen molar-refractivity contribution < 1.29 is 9.53 Å². The number of ether oxygens (including phenoxy) is 1. The van der Waals surface area contributed by atoms with Crippen LogP contribution >= 0.6 is 23.1 Å². The summed E-state index contributed by atoms with van der Waals surface area (Å²) in [4.78, 5) is 22.7. The van der Waals surface area contributed by atoms with Crippen molar-refractivity contribution in [3.8, 4) is 0 Å². The molecule has 3 rings (SSSR count). The molecule has 1 unspecified atom stereocenters. The molecule has 0 aromatic carbocycles. The molecule has 7 heteroatoms. The Labute approximate surface area is 140 Å². The first-order valence-corrected chi connectivity index (χ1v) is 9.74. The monoisotopic (exact) mass is 341 g/mol. The van der Waals surface area contributed by atoms with E-state index in [1.165, 1.54) is 4.88 Å². The Balaban J connectivity index is 1.59. The number of morpholine rings is 1. The van der Waals surface area contributed by atoms with Crippen LogP contribution in [0.2, 0.25) is 0 Å². The van der Waals surface area contributed by atoms with Gasteiger partial charge in [-0.3, -0.25) is 9.69 Å². The van der Waals surface area contributed by atoms with Gasteiger partial charge >= 0.3 is 0 Å². The Morgan fingerprint density at radius 2 is 2.09 bits per heavy atom. The molecule has 3 heterocycles. The molecule has 122 valence electrons. The molecular weight excluding hydrogens is 318 g/mol. The number of rotatable bonds is 3. The minimum Gasteiger partial charge on any atom is -0.366 e. The minimum atomic E-state index is -0.300. The molecule has 0 saturated carbocycles. The summed E-state index contributed by atoms with van der Waals surface area (Å²) in [7, 11) is 0. The summed E-state index contributed by atoms with van der Waals surface area (Å²) in [5.41, 5.74) is 1.12. The third-order valence-electron chi connectivity index (χ3n) is 4.12. The van der Waals surface area contributed by atoms with E-state index < -0.39 is 0 Å². The number of thioether (sulfide) groups is 1. The van der Waals surface area contributed by atoms with Gasteiger partial charge in [0.05, 0.1) is 17.3 Å². The average molecular weight is 342 g/mol. The van der Waals surface area contributed by atoms with E-state index in [1.807, 2.05) is 23.6 Å². The van der Waals surface area contributed by atoms with Crippen LogP contribution in [0.3, 0.4) is 0 Å². The highest BCUT2D eigenvalue weighted by molar-refractivity contribution is 7.99. The number of aromatic nitrogens is 1. The van der Waals surface area contributed by atoms with Gasteiger partial charge in [-0.05, 0) is 13.8 Å². The highest BCUT2D eigenvalue weighted by Crippen LogP contribution is 2.21. The van der Waals surface area contributed by atoms with Crippen LogP contribution in [-0.4, -0.2) is 71.1 Å². The van der Waals surface area contributed by atoms with E-state index in [2.05, 4.69) is 16.8 Å². The number of amides is 1. The summed E-state index contributed by atoms with van der Waals surface area (Å²) in [5.74, 6) is 2.26. The van der Waals surface area contributed by atoms with Crippen LogP contribution in [0.5, 0.6) is 0 Å². The zero-order valence-electron chi connectivity index (χ0n) is 13.2. The lowest BCUT2D eigenvalue weighted by molar-refractivity contribution is -0.149. The maximum absolute atomic E-state index is 12.6. The molecule has 22 heavy (non-hydrogen) atoms. The van der Waals surface area contributed by atoms with E-state index in [9.17, 15) is 4.79 Å². The topological polar surface area (TPSA) is 45.7 Å². The van der Waals surface area contributed by atoms with Gasteiger partial charge in [-0.25, -0.2) is 4.98 Å². The van der Waals surface area contributed by atoms with Crippen LogP contribution in [0.15, 0.2) is 0 Å². The molecule has 2 aliphatic rings. The van der Waals surface area contributed by atoms with Gasteiger partial charge in [0, 0.05) is 49.1 Å². The van der Waals surface area contributed by atoms with E-state index in [-0.39, 0.29) is 12.0 Å². The lowest BCUT2D eigenvalue weighted by Gasteiger charge is -2.36. The third-order valence-corrected chi connectivity index (χ3v) is 6.12. The Bertz CT molecular complexity index is 529. The number of nitrogens with zero attached hydrogens (tertiary/aromatic N) is 3. The lowest BCUT2D eigenvalue weighted by atomic mass is 10.2. The quantitative estimate of drug-likeness (QED) is 0.834. The smallest absolute Gasteiger partial charge is 0.253 e. The fourth-order valence-corrected chi connectivity index (χ4v) is 4.79. The average Bonchev–Trinajstić information content (AvgIpc) is 2.85. The highest BCUT2D eigenvalue weighted by Gasteiger charge is 2.31. The molecule has 0 radical (unpaired) electrons. The predicted octanol–water partition coefficient (Wildman–Crippen LogP) is 1.54. The number of aryl methyl sites for hydroxylation is 2. The second-order valence-corrected chi connectivity index (χ2v) is 8.29. The van der Waals surface area contributed by atoms with Crippen molar-refractivity contribution >= 4 is 29.0 Å². The van der Waals surface area contributed by atoms with Crippen molar-refractivity contribution in [1.82, 2.24) is 14.8 Å². The Morgan fingerprint density at radius 3 is 2.77 bits per heavy atom. The minimum absolute atomic E-state index is 0.169. The third kappa shape index (κ3) is 3.82. The summed E-state index contributed by atoms with van der Waals surface area (Å²) in [5, 5.41) is 1.11. The molecule has 1 amide bonds. The molecule has 2 saturated heterocycles. The first-order chi connectivity index (χ1) is 10.6. The summed E-state index contributed by atoms with van der Waals surface area (Å²) in [6.45, 7) is 8.91. The molecule has 2 fully saturated rings. The highest BCUT2D eigenvalue weighted by atomic mass is 32.2. The van der Waals surface area contributed by atoms with Crippen LogP contribution in [0.1, 0.15) is 15.6 Å². The lowest BCUT2D eigenvalue weighted by Crippen LogP contribution is -2.52. The van der Waals surface area contributed by atoms with Crippen molar-refractivity contribution in [2.24, 2.45) is 0 Å². The van der Waals surface area contributed by atoms with E-state index in [0.717, 1.165) is 48.4 Å². The molecule has 2 aliphatic heterocycles. The van der Waals surface area contributed by atoms with Crippen LogP contribution in [0.4, 0.5) is 0 Å². The number of carbonyl (C=O) groups excluding carboxylic acids is 1. The number of hydrogen-bond donors (Lipinski definition) is 0. The number of hydrogen-bond acceptors (Lipinski definition) is 6. The van der Waals surface area contributed by atoms with Gasteiger partial charge in [0.1, 0.15) is 6.10 Å². The SMILES string of the molecule is Cc1nc(C)c(CN2CCOC(C(=O)N3CCSCC3)C2)s1. The first-order valence-electron chi connectivity index (χ1n) is 7.77. The maximum atomic E-state index is 12.6. The van der Waals surface area contributed by atoms with Crippen LogP contribution in [0, 0.1) is 13.8 Å². The molecule has 0 spiro atoms. The van der Waals surface area contributed by atoms with Crippen molar-refractivity contribution in [3.63, 3.8) is 0 Å². The van der Waals surface area contributed by atoms with E-state index >= 15 is 0 Å². The van der Waals surface area contributed by atoms with Gasteiger partial charge in [0.15, 0.2) is 0 Å². The molecule has 0 aliphatic carbocycles. The molecular formula is C15H23N3O2S2. The summed E-state index contributed by atoms with van der Waals surface area (Å²) < 4.78 is 5.74. The van der Waals surface area contributed by atoms with Crippen LogP contribution in [-0.2, 0) is 16.1 Å². The Morgan fingerprint density at radius 1 is 1.32 bits per heavy atom. The standard InChI is InChI=1S/C15H23N3O2S2/c1-11-14(22-12(2)16-11)10-17-3-6-20-13(9-17)15(19)18-4-7-21-8-5-18/h13H,3-10H2,1-2H3. The van der Waals surface area contributed by atoms with Crippen molar-refractivity contribution in [1.29, 1.82) is 0 Å². The zero-order chi connectivity index (χ0) is 15.5. The fourth-order valence-electron chi connectivity index (χ4n) is 2.91. The number of thiazole rings is 1. The normalized spacial score (nSPS) is 23.7.